The first-order chi connectivity index (χ1) is 10.0. The second kappa shape index (κ2) is 10.2. The van der Waals surface area contributed by atoms with Gasteiger partial charge in [-0.15, -0.1) is 0 Å². The maximum Gasteiger partial charge on any atom is 0.234 e. The number of amides is 1. The van der Waals surface area contributed by atoms with Gasteiger partial charge in [-0.3, -0.25) is 9.69 Å². The molecule has 1 aliphatic heterocycles. The van der Waals surface area contributed by atoms with Crippen molar-refractivity contribution in [1.29, 1.82) is 0 Å². The lowest BCUT2D eigenvalue weighted by Gasteiger charge is -2.35. The Morgan fingerprint density at radius 3 is 2.71 bits per heavy atom. The molecule has 1 fully saturated rings. The van der Waals surface area contributed by atoms with Crippen LogP contribution in [0.1, 0.15) is 65.7 Å². The number of likely N-dealkylation sites (tertiary alicyclic amines) is 1. The van der Waals surface area contributed by atoms with Gasteiger partial charge in [-0.05, 0) is 51.6 Å². The van der Waals surface area contributed by atoms with E-state index in [4.69, 9.17) is 5.73 Å². The summed E-state index contributed by atoms with van der Waals surface area (Å²) in [5, 5.41) is 3.15. The maximum absolute atomic E-state index is 12.2. The highest BCUT2D eigenvalue weighted by Crippen LogP contribution is 2.18. The number of carbonyl (C=O) groups excluding carboxylic acids is 1. The summed E-state index contributed by atoms with van der Waals surface area (Å²) in [5.41, 5.74) is 5.69. The number of rotatable bonds is 9. The summed E-state index contributed by atoms with van der Waals surface area (Å²) < 4.78 is 0. The summed E-state index contributed by atoms with van der Waals surface area (Å²) in [6.45, 7) is 8.91. The molecular weight excluding hydrogens is 262 g/mol. The normalized spacial score (nSPS) is 21.5. The van der Waals surface area contributed by atoms with Crippen LogP contribution in [0.15, 0.2) is 0 Å². The first-order valence-corrected chi connectivity index (χ1v) is 8.76. The van der Waals surface area contributed by atoms with Crippen LogP contribution < -0.4 is 11.1 Å². The predicted molar refractivity (Wildman–Crippen MR) is 89.2 cm³/mol. The minimum absolute atomic E-state index is 0.177. The van der Waals surface area contributed by atoms with Crippen molar-refractivity contribution in [3.63, 3.8) is 0 Å². The van der Waals surface area contributed by atoms with Crippen molar-refractivity contribution >= 4 is 5.91 Å². The van der Waals surface area contributed by atoms with Crippen molar-refractivity contribution in [3.05, 3.63) is 0 Å². The fourth-order valence-corrected chi connectivity index (χ4v) is 3.20. The van der Waals surface area contributed by atoms with E-state index in [2.05, 4.69) is 31.0 Å². The molecule has 1 heterocycles. The monoisotopic (exact) mass is 297 g/mol. The molecule has 0 aromatic carbocycles. The zero-order chi connectivity index (χ0) is 15.7. The van der Waals surface area contributed by atoms with Crippen LogP contribution in [0.4, 0.5) is 0 Å². The molecule has 4 heteroatoms. The van der Waals surface area contributed by atoms with Crippen LogP contribution in [0.5, 0.6) is 0 Å². The minimum Gasteiger partial charge on any atom is -0.353 e. The Bertz CT molecular complexity index is 292. The van der Waals surface area contributed by atoms with Gasteiger partial charge in [0.1, 0.15) is 0 Å². The molecule has 1 rings (SSSR count). The Labute approximate surface area is 130 Å². The topological polar surface area (TPSA) is 58.4 Å². The van der Waals surface area contributed by atoms with Crippen LogP contribution >= 0.6 is 0 Å². The quantitative estimate of drug-likeness (QED) is 0.687. The molecule has 1 saturated heterocycles. The number of piperidine rings is 1. The minimum atomic E-state index is 0.177. The van der Waals surface area contributed by atoms with Crippen molar-refractivity contribution < 1.29 is 4.79 Å². The molecule has 0 bridgehead atoms. The molecule has 124 valence electrons. The third-order valence-corrected chi connectivity index (χ3v) is 4.42. The Morgan fingerprint density at radius 2 is 2.05 bits per heavy atom. The summed E-state index contributed by atoms with van der Waals surface area (Å²) >= 11 is 0. The fraction of sp³-hybridized carbons (Fsp3) is 0.941. The first kappa shape index (κ1) is 18.4. The van der Waals surface area contributed by atoms with Crippen LogP contribution in [0.3, 0.4) is 0 Å². The standard InChI is InChI=1S/C17H35N3O/c1-14(2)7-6-8-15(3)19-17(21)13-20-12-5-4-9-16(20)10-11-18/h14-16H,4-13,18H2,1-3H3,(H,19,21). The highest BCUT2D eigenvalue weighted by molar-refractivity contribution is 5.78. The first-order valence-electron chi connectivity index (χ1n) is 8.76. The molecule has 21 heavy (non-hydrogen) atoms. The third kappa shape index (κ3) is 7.82. The van der Waals surface area contributed by atoms with Gasteiger partial charge in [0.25, 0.3) is 0 Å². The van der Waals surface area contributed by atoms with E-state index in [9.17, 15) is 4.79 Å². The molecule has 0 saturated carbocycles. The number of hydrogen-bond donors (Lipinski definition) is 2. The molecule has 0 aromatic heterocycles. The van der Waals surface area contributed by atoms with E-state index in [0.29, 0.717) is 19.1 Å². The van der Waals surface area contributed by atoms with E-state index in [1.807, 2.05) is 0 Å². The predicted octanol–water partition coefficient (Wildman–Crippen LogP) is 2.52. The molecule has 4 nitrogen and oxygen atoms in total. The zero-order valence-corrected chi connectivity index (χ0v) is 14.2. The number of nitrogens with zero attached hydrogens (tertiary/aromatic N) is 1. The van der Waals surface area contributed by atoms with Crippen molar-refractivity contribution in [2.75, 3.05) is 19.6 Å². The van der Waals surface area contributed by atoms with Gasteiger partial charge in [0.05, 0.1) is 6.54 Å². The molecule has 1 amide bonds. The second-order valence-electron chi connectivity index (χ2n) is 6.99. The lowest BCUT2D eigenvalue weighted by molar-refractivity contribution is -0.123. The van der Waals surface area contributed by atoms with Gasteiger partial charge in [-0.2, -0.15) is 0 Å². The van der Waals surface area contributed by atoms with Crippen molar-refractivity contribution in [2.24, 2.45) is 11.7 Å². The fourth-order valence-electron chi connectivity index (χ4n) is 3.20. The molecule has 0 aromatic rings. The summed E-state index contributed by atoms with van der Waals surface area (Å²) in [7, 11) is 0. The molecule has 0 spiro atoms. The summed E-state index contributed by atoms with van der Waals surface area (Å²) in [4.78, 5) is 14.5. The van der Waals surface area contributed by atoms with Crippen LogP contribution in [0, 0.1) is 5.92 Å². The number of nitrogens with two attached hydrogens (primary N) is 1. The molecule has 3 N–H and O–H groups in total. The molecule has 0 radical (unpaired) electrons. The van der Waals surface area contributed by atoms with Crippen molar-refractivity contribution in [2.45, 2.75) is 77.8 Å². The van der Waals surface area contributed by atoms with Crippen LogP contribution in [-0.2, 0) is 4.79 Å². The number of carbonyl (C=O) groups is 1. The van der Waals surface area contributed by atoms with E-state index in [0.717, 1.165) is 25.3 Å². The van der Waals surface area contributed by atoms with Crippen molar-refractivity contribution in [1.82, 2.24) is 10.2 Å². The van der Waals surface area contributed by atoms with E-state index in [1.165, 1.54) is 32.1 Å². The van der Waals surface area contributed by atoms with Crippen LogP contribution in [0.25, 0.3) is 0 Å². The molecule has 0 aliphatic carbocycles. The van der Waals surface area contributed by atoms with Gasteiger partial charge in [-0.25, -0.2) is 0 Å². The Hall–Kier alpha value is -0.610. The van der Waals surface area contributed by atoms with Gasteiger partial charge < -0.3 is 11.1 Å². The lowest BCUT2D eigenvalue weighted by Crippen LogP contribution is -2.47. The second-order valence-corrected chi connectivity index (χ2v) is 6.99. The average molecular weight is 297 g/mol. The summed E-state index contributed by atoms with van der Waals surface area (Å²) in [6.07, 6.45) is 8.19. The molecule has 2 unspecified atom stereocenters. The molecular formula is C17H35N3O. The summed E-state index contributed by atoms with van der Waals surface area (Å²) in [6, 6.07) is 0.791. The number of hydrogen-bond acceptors (Lipinski definition) is 3. The Balaban J connectivity index is 2.27. The average Bonchev–Trinajstić information content (AvgIpc) is 2.40. The van der Waals surface area contributed by atoms with Crippen LogP contribution in [-0.4, -0.2) is 42.5 Å². The van der Waals surface area contributed by atoms with Crippen LogP contribution in [0.2, 0.25) is 0 Å². The van der Waals surface area contributed by atoms with Gasteiger partial charge in [0.15, 0.2) is 0 Å². The zero-order valence-electron chi connectivity index (χ0n) is 14.2. The third-order valence-electron chi connectivity index (χ3n) is 4.42. The Kier molecular flexibility index (Phi) is 8.93. The highest BCUT2D eigenvalue weighted by atomic mass is 16.2. The van der Waals surface area contributed by atoms with E-state index in [1.54, 1.807) is 0 Å². The molecule has 2 atom stereocenters. The summed E-state index contributed by atoms with van der Waals surface area (Å²) in [5.74, 6) is 0.925. The van der Waals surface area contributed by atoms with E-state index in [-0.39, 0.29) is 11.9 Å². The maximum atomic E-state index is 12.2. The SMILES string of the molecule is CC(C)CCCC(C)NC(=O)CN1CCCCC1CCN. The van der Waals surface area contributed by atoms with E-state index < -0.39 is 0 Å². The van der Waals surface area contributed by atoms with Gasteiger partial charge >= 0.3 is 0 Å². The smallest absolute Gasteiger partial charge is 0.234 e. The highest BCUT2D eigenvalue weighted by Gasteiger charge is 2.23. The lowest BCUT2D eigenvalue weighted by atomic mass is 9.99. The van der Waals surface area contributed by atoms with Gasteiger partial charge in [-0.1, -0.05) is 33.1 Å². The Morgan fingerprint density at radius 1 is 1.29 bits per heavy atom. The molecule has 1 aliphatic rings. The van der Waals surface area contributed by atoms with Crippen molar-refractivity contribution in [3.8, 4) is 0 Å². The van der Waals surface area contributed by atoms with E-state index >= 15 is 0 Å². The van der Waals surface area contributed by atoms with Gasteiger partial charge in [0.2, 0.25) is 5.91 Å². The number of nitrogens with one attached hydrogen (secondary N) is 1. The largest absolute Gasteiger partial charge is 0.353 e. The van der Waals surface area contributed by atoms with Gasteiger partial charge in [0, 0.05) is 12.1 Å².